The van der Waals surface area contributed by atoms with E-state index >= 15 is 0 Å². The molecule has 1 saturated heterocycles. The van der Waals surface area contributed by atoms with Crippen LogP contribution in [-0.2, 0) is 14.8 Å². The molecule has 0 bridgehead atoms. The summed E-state index contributed by atoms with van der Waals surface area (Å²) in [5.74, 6) is -0.201. The summed E-state index contributed by atoms with van der Waals surface area (Å²) in [5, 5.41) is 2.83. The first kappa shape index (κ1) is 17.4. The average molecular weight is 360 g/mol. The maximum Gasteiger partial charge on any atom is 0.261 e. The molecule has 25 heavy (non-hydrogen) atoms. The molecule has 1 aliphatic heterocycles. The molecule has 1 aliphatic rings. The minimum Gasteiger partial charge on any atom is -0.376 e. The Bertz CT molecular complexity index is 814. The maximum absolute atomic E-state index is 12.3. The number of rotatable bonds is 6. The molecule has 7 heteroatoms. The van der Waals surface area contributed by atoms with Crippen LogP contribution in [0.2, 0.25) is 0 Å². The topological polar surface area (TPSA) is 84.5 Å². The van der Waals surface area contributed by atoms with Crippen molar-refractivity contribution >= 4 is 21.6 Å². The average Bonchev–Trinajstić information content (AvgIpc) is 3.14. The third-order valence-electron chi connectivity index (χ3n) is 3.97. The van der Waals surface area contributed by atoms with Gasteiger partial charge in [0.25, 0.3) is 15.9 Å². The summed E-state index contributed by atoms with van der Waals surface area (Å²) < 4.78 is 32.5. The Hall–Kier alpha value is -2.38. The molecule has 1 fully saturated rings. The van der Waals surface area contributed by atoms with Crippen LogP contribution in [0.3, 0.4) is 0 Å². The van der Waals surface area contributed by atoms with E-state index in [2.05, 4.69) is 10.0 Å². The summed E-state index contributed by atoms with van der Waals surface area (Å²) in [6, 6.07) is 14.4. The second-order valence-corrected chi connectivity index (χ2v) is 7.52. The minimum absolute atomic E-state index is 0.0842. The smallest absolute Gasteiger partial charge is 0.261 e. The number of carbonyl (C=O) groups is 1. The Morgan fingerprint density at radius 3 is 2.44 bits per heavy atom. The highest BCUT2D eigenvalue weighted by Crippen LogP contribution is 2.16. The molecule has 1 amide bonds. The van der Waals surface area contributed by atoms with E-state index in [1.807, 2.05) is 0 Å². The number of carbonyl (C=O) groups excluding carboxylic acids is 1. The lowest BCUT2D eigenvalue weighted by Crippen LogP contribution is -2.31. The molecule has 1 heterocycles. The summed E-state index contributed by atoms with van der Waals surface area (Å²) in [6.07, 6.45) is 2.07. The Kier molecular flexibility index (Phi) is 5.35. The Labute approximate surface area is 147 Å². The van der Waals surface area contributed by atoms with Gasteiger partial charge in [0.05, 0.1) is 11.0 Å². The molecule has 6 nitrogen and oxygen atoms in total. The highest BCUT2D eigenvalue weighted by Gasteiger charge is 2.17. The number of nitrogens with one attached hydrogen (secondary N) is 2. The van der Waals surface area contributed by atoms with Gasteiger partial charge in [-0.15, -0.1) is 0 Å². The highest BCUT2D eigenvalue weighted by molar-refractivity contribution is 7.92. The first-order chi connectivity index (χ1) is 12.0. The number of benzene rings is 2. The van der Waals surface area contributed by atoms with Crippen LogP contribution < -0.4 is 10.0 Å². The molecule has 2 aromatic carbocycles. The summed E-state index contributed by atoms with van der Waals surface area (Å²) in [4.78, 5) is 12.3. The largest absolute Gasteiger partial charge is 0.376 e. The van der Waals surface area contributed by atoms with E-state index in [1.54, 1.807) is 42.5 Å². The summed E-state index contributed by atoms with van der Waals surface area (Å²) in [5.41, 5.74) is 0.875. The summed E-state index contributed by atoms with van der Waals surface area (Å²) in [6.45, 7) is 1.23. The van der Waals surface area contributed by atoms with E-state index in [0.29, 0.717) is 17.8 Å². The lowest BCUT2D eigenvalue weighted by Gasteiger charge is -2.11. The van der Waals surface area contributed by atoms with Gasteiger partial charge in [0, 0.05) is 24.4 Å². The minimum atomic E-state index is -3.63. The van der Waals surface area contributed by atoms with E-state index in [-0.39, 0.29) is 16.9 Å². The zero-order valence-corrected chi connectivity index (χ0v) is 14.5. The van der Waals surface area contributed by atoms with E-state index in [1.165, 1.54) is 12.1 Å². The molecule has 0 radical (unpaired) electrons. The van der Waals surface area contributed by atoms with Gasteiger partial charge in [0.15, 0.2) is 0 Å². The van der Waals surface area contributed by atoms with Gasteiger partial charge < -0.3 is 10.1 Å². The number of hydrogen-bond donors (Lipinski definition) is 2. The molecule has 0 spiro atoms. The summed E-state index contributed by atoms with van der Waals surface area (Å²) >= 11 is 0. The number of anilines is 1. The molecule has 0 saturated carbocycles. The molecular formula is C18H20N2O4S. The number of hydrogen-bond acceptors (Lipinski definition) is 4. The monoisotopic (exact) mass is 360 g/mol. The highest BCUT2D eigenvalue weighted by atomic mass is 32.2. The first-order valence-corrected chi connectivity index (χ1v) is 9.61. The molecule has 0 aromatic heterocycles. The lowest BCUT2D eigenvalue weighted by atomic mass is 10.2. The van der Waals surface area contributed by atoms with Crippen molar-refractivity contribution in [3.8, 4) is 0 Å². The number of amides is 1. The SMILES string of the molecule is O=C(NC[C@H]1CCCO1)c1ccc(NS(=O)(=O)c2ccccc2)cc1. The van der Waals surface area contributed by atoms with Crippen molar-refractivity contribution in [2.24, 2.45) is 0 Å². The lowest BCUT2D eigenvalue weighted by molar-refractivity contribution is 0.0858. The Morgan fingerprint density at radius 1 is 1.08 bits per heavy atom. The van der Waals surface area contributed by atoms with Gasteiger partial charge in [-0.3, -0.25) is 9.52 Å². The molecular weight excluding hydrogens is 340 g/mol. The van der Waals surface area contributed by atoms with Crippen LogP contribution >= 0.6 is 0 Å². The van der Waals surface area contributed by atoms with E-state index < -0.39 is 10.0 Å². The van der Waals surface area contributed by atoms with Crippen LogP contribution in [0.5, 0.6) is 0 Å². The molecule has 3 rings (SSSR count). The second kappa shape index (κ2) is 7.67. The zero-order valence-electron chi connectivity index (χ0n) is 13.6. The number of ether oxygens (including phenoxy) is 1. The molecule has 132 valence electrons. The van der Waals surface area contributed by atoms with Crippen molar-refractivity contribution < 1.29 is 17.9 Å². The van der Waals surface area contributed by atoms with Gasteiger partial charge >= 0.3 is 0 Å². The Balaban J connectivity index is 1.61. The van der Waals surface area contributed by atoms with Gasteiger partial charge in [-0.1, -0.05) is 18.2 Å². The van der Waals surface area contributed by atoms with Crippen LogP contribution in [0.1, 0.15) is 23.2 Å². The third kappa shape index (κ3) is 4.58. The quantitative estimate of drug-likeness (QED) is 0.828. The first-order valence-electron chi connectivity index (χ1n) is 8.12. The van der Waals surface area contributed by atoms with Crippen LogP contribution in [0.25, 0.3) is 0 Å². The van der Waals surface area contributed by atoms with E-state index in [0.717, 1.165) is 19.4 Å². The second-order valence-electron chi connectivity index (χ2n) is 5.84. The van der Waals surface area contributed by atoms with Crippen LogP contribution in [0.4, 0.5) is 5.69 Å². The van der Waals surface area contributed by atoms with Crippen molar-refractivity contribution in [1.29, 1.82) is 0 Å². The Morgan fingerprint density at radius 2 is 1.80 bits per heavy atom. The fraction of sp³-hybridized carbons (Fsp3) is 0.278. The van der Waals surface area contributed by atoms with Crippen molar-refractivity contribution in [2.45, 2.75) is 23.8 Å². The van der Waals surface area contributed by atoms with E-state index in [4.69, 9.17) is 4.74 Å². The predicted molar refractivity (Wildman–Crippen MR) is 95.0 cm³/mol. The fourth-order valence-electron chi connectivity index (χ4n) is 2.62. The van der Waals surface area contributed by atoms with Gasteiger partial charge in [0.2, 0.25) is 0 Å². The van der Waals surface area contributed by atoms with Gasteiger partial charge in [-0.25, -0.2) is 8.42 Å². The van der Waals surface area contributed by atoms with Crippen molar-refractivity contribution in [3.05, 3.63) is 60.2 Å². The summed E-state index contributed by atoms with van der Waals surface area (Å²) in [7, 11) is -3.63. The van der Waals surface area contributed by atoms with Gasteiger partial charge in [-0.2, -0.15) is 0 Å². The van der Waals surface area contributed by atoms with Crippen molar-refractivity contribution in [1.82, 2.24) is 5.32 Å². The van der Waals surface area contributed by atoms with Gasteiger partial charge in [0.1, 0.15) is 0 Å². The normalized spacial score (nSPS) is 17.2. The molecule has 2 aromatic rings. The molecule has 0 unspecified atom stereocenters. The van der Waals surface area contributed by atoms with Crippen molar-refractivity contribution in [3.63, 3.8) is 0 Å². The number of sulfonamides is 1. The van der Waals surface area contributed by atoms with Crippen LogP contribution in [-0.4, -0.2) is 33.6 Å². The van der Waals surface area contributed by atoms with Crippen LogP contribution in [0.15, 0.2) is 59.5 Å². The third-order valence-corrected chi connectivity index (χ3v) is 5.36. The molecule has 0 aliphatic carbocycles. The molecule has 1 atom stereocenters. The standard InChI is InChI=1S/C18H20N2O4S/c21-18(19-13-16-5-4-12-24-16)14-8-10-15(11-9-14)20-25(22,23)17-6-2-1-3-7-17/h1-3,6-11,16,20H,4-5,12-13H2,(H,19,21)/t16-/m1/s1. The molecule has 2 N–H and O–H groups in total. The van der Waals surface area contributed by atoms with Crippen molar-refractivity contribution in [2.75, 3.05) is 17.9 Å². The van der Waals surface area contributed by atoms with E-state index in [9.17, 15) is 13.2 Å². The predicted octanol–water partition coefficient (Wildman–Crippen LogP) is 2.40. The van der Waals surface area contributed by atoms with Crippen LogP contribution in [0, 0.1) is 0 Å². The van der Waals surface area contributed by atoms with Gasteiger partial charge in [-0.05, 0) is 49.2 Å². The maximum atomic E-state index is 12.3. The fourth-order valence-corrected chi connectivity index (χ4v) is 3.70. The zero-order chi connectivity index (χ0) is 17.7.